The van der Waals surface area contributed by atoms with Gasteiger partial charge in [-0.2, -0.15) is 0 Å². The van der Waals surface area contributed by atoms with Gasteiger partial charge in [0.2, 0.25) is 11.8 Å². The Labute approximate surface area is 114 Å². The van der Waals surface area contributed by atoms with Crippen LogP contribution in [0.25, 0.3) is 0 Å². The maximum absolute atomic E-state index is 12.7. The van der Waals surface area contributed by atoms with E-state index in [0.29, 0.717) is 12.5 Å². The standard InChI is InChI=1S/C15H24N2O2/c1-2-10-7-11-12(8-10)14(19)17(13(11)18)15(9-16)5-3-4-6-15/h10-12H,2-9,16H2,1H3. The molecule has 2 aliphatic carbocycles. The average molecular weight is 264 g/mol. The number of hydrogen-bond acceptors (Lipinski definition) is 3. The van der Waals surface area contributed by atoms with Crippen LogP contribution in [0.3, 0.4) is 0 Å². The first-order valence-electron chi connectivity index (χ1n) is 7.71. The summed E-state index contributed by atoms with van der Waals surface area (Å²) >= 11 is 0. The SMILES string of the molecule is CCC1CC2C(=O)N(C3(CN)CCCC3)C(=O)C2C1. The van der Waals surface area contributed by atoms with Crippen molar-refractivity contribution < 1.29 is 9.59 Å². The number of nitrogens with zero attached hydrogens (tertiary/aromatic N) is 1. The normalized spacial score (nSPS) is 37.2. The fraction of sp³-hybridized carbons (Fsp3) is 0.867. The predicted octanol–water partition coefficient (Wildman–Crippen LogP) is 1.68. The molecule has 2 N–H and O–H groups in total. The first-order chi connectivity index (χ1) is 9.13. The quantitative estimate of drug-likeness (QED) is 0.789. The average Bonchev–Trinajstić information content (AvgIpc) is 3.09. The van der Waals surface area contributed by atoms with Crippen LogP contribution >= 0.6 is 0 Å². The second-order valence-electron chi connectivity index (χ2n) is 6.61. The largest absolute Gasteiger partial charge is 0.328 e. The second-order valence-corrected chi connectivity index (χ2v) is 6.61. The van der Waals surface area contributed by atoms with E-state index in [1.807, 2.05) is 0 Å². The molecule has 1 heterocycles. The summed E-state index contributed by atoms with van der Waals surface area (Å²) in [5.74, 6) is 0.641. The molecule has 3 aliphatic rings. The highest BCUT2D eigenvalue weighted by molar-refractivity contribution is 6.06. The molecule has 4 nitrogen and oxygen atoms in total. The van der Waals surface area contributed by atoms with Crippen molar-refractivity contribution in [2.45, 2.75) is 57.4 Å². The maximum Gasteiger partial charge on any atom is 0.233 e. The van der Waals surface area contributed by atoms with Gasteiger partial charge in [-0.05, 0) is 31.6 Å². The van der Waals surface area contributed by atoms with Crippen LogP contribution in [0.4, 0.5) is 0 Å². The van der Waals surface area contributed by atoms with Crippen LogP contribution in [0.15, 0.2) is 0 Å². The second kappa shape index (κ2) is 4.58. The summed E-state index contributed by atoms with van der Waals surface area (Å²) in [6.07, 6.45) is 6.86. The van der Waals surface area contributed by atoms with E-state index in [2.05, 4.69) is 6.92 Å². The van der Waals surface area contributed by atoms with Gasteiger partial charge in [-0.25, -0.2) is 0 Å². The Kier molecular flexibility index (Phi) is 3.16. The molecule has 2 unspecified atom stereocenters. The molecule has 3 rings (SSSR count). The minimum Gasteiger partial charge on any atom is -0.328 e. The lowest BCUT2D eigenvalue weighted by Crippen LogP contribution is -2.55. The van der Waals surface area contributed by atoms with Crippen molar-refractivity contribution in [2.24, 2.45) is 23.5 Å². The summed E-state index contributed by atoms with van der Waals surface area (Å²) in [5, 5.41) is 0. The van der Waals surface area contributed by atoms with Crippen LogP contribution in [0.5, 0.6) is 0 Å². The van der Waals surface area contributed by atoms with Crippen molar-refractivity contribution >= 4 is 11.8 Å². The lowest BCUT2D eigenvalue weighted by molar-refractivity contribution is -0.147. The molecule has 0 aromatic rings. The van der Waals surface area contributed by atoms with E-state index in [4.69, 9.17) is 5.73 Å². The van der Waals surface area contributed by atoms with Gasteiger partial charge in [-0.15, -0.1) is 0 Å². The highest BCUT2D eigenvalue weighted by atomic mass is 16.2. The molecule has 0 aromatic heterocycles. The van der Waals surface area contributed by atoms with Gasteiger partial charge in [0.1, 0.15) is 0 Å². The van der Waals surface area contributed by atoms with Gasteiger partial charge < -0.3 is 5.73 Å². The van der Waals surface area contributed by atoms with E-state index in [1.165, 1.54) is 0 Å². The minimum atomic E-state index is -0.347. The number of carbonyl (C=O) groups excluding carboxylic acids is 2. The molecule has 106 valence electrons. The molecule has 19 heavy (non-hydrogen) atoms. The molecule has 2 amide bonds. The third kappa shape index (κ3) is 1.76. The van der Waals surface area contributed by atoms with Crippen LogP contribution < -0.4 is 5.73 Å². The first-order valence-corrected chi connectivity index (χ1v) is 7.71. The van der Waals surface area contributed by atoms with Gasteiger partial charge in [0.05, 0.1) is 17.4 Å². The summed E-state index contributed by atoms with van der Waals surface area (Å²) in [6, 6.07) is 0. The Morgan fingerprint density at radius 3 is 2.11 bits per heavy atom. The molecule has 1 saturated heterocycles. The Morgan fingerprint density at radius 2 is 1.68 bits per heavy atom. The minimum absolute atomic E-state index is 0.0403. The Balaban J connectivity index is 1.86. The number of carbonyl (C=O) groups is 2. The monoisotopic (exact) mass is 264 g/mol. The van der Waals surface area contributed by atoms with E-state index in [0.717, 1.165) is 44.9 Å². The van der Waals surface area contributed by atoms with Gasteiger partial charge >= 0.3 is 0 Å². The number of fused-ring (bicyclic) bond motifs is 1. The molecule has 1 aliphatic heterocycles. The third-order valence-electron chi connectivity index (χ3n) is 5.70. The van der Waals surface area contributed by atoms with Gasteiger partial charge in [0, 0.05) is 6.54 Å². The van der Waals surface area contributed by atoms with Gasteiger partial charge in [-0.1, -0.05) is 26.2 Å². The number of likely N-dealkylation sites (tertiary alicyclic amines) is 1. The van der Waals surface area contributed by atoms with Crippen molar-refractivity contribution in [1.82, 2.24) is 4.90 Å². The number of rotatable bonds is 3. The molecule has 0 radical (unpaired) electrons. The number of hydrogen-bond donors (Lipinski definition) is 1. The van der Waals surface area contributed by atoms with E-state index in [1.54, 1.807) is 4.90 Å². The molecule has 2 saturated carbocycles. The molecule has 0 aromatic carbocycles. The highest BCUT2D eigenvalue weighted by Gasteiger charge is 2.58. The number of amides is 2. The zero-order valence-corrected chi connectivity index (χ0v) is 11.7. The summed E-state index contributed by atoms with van der Waals surface area (Å²) in [6.45, 7) is 2.58. The molecule has 0 spiro atoms. The van der Waals surface area contributed by atoms with E-state index < -0.39 is 0 Å². The van der Waals surface area contributed by atoms with Crippen LogP contribution in [-0.4, -0.2) is 28.8 Å². The van der Waals surface area contributed by atoms with Crippen molar-refractivity contribution in [3.8, 4) is 0 Å². The van der Waals surface area contributed by atoms with E-state index in [9.17, 15) is 9.59 Å². The van der Waals surface area contributed by atoms with Crippen molar-refractivity contribution in [2.75, 3.05) is 6.54 Å². The summed E-state index contributed by atoms with van der Waals surface area (Å²) in [5.41, 5.74) is 5.58. The summed E-state index contributed by atoms with van der Waals surface area (Å²) in [7, 11) is 0. The van der Waals surface area contributed by atoms with Crippen LogP contribution in [0.2, 0.25) is 0 Å². The lowest BCUT2D eigenvalue weighted by Gasteiger charge is -2.37. The fourth-order valence-electron chi connectivity index (χ4n) is 4.48. The molecular weight excluding hydrogens is 240 g/mol. The number of nitrogens with two attached hydrogens (primary N) is 1. The molecule has 3 fully saturated rings. The smallest absolute Gasteiger partial charge is 0.233 e. The van der Waals surface area contributed by atoms with Crippen molar-refractivity contribution in [1.29, 1.82) is 0 Å². The summed E-state index contributed by atoms with van der Waals surface area (Å²) < 4.78 is 0. The van der Waals surface area contributed by atoms with Gasteiger partial charge in [0.25, 0.3) is 0 Å². The highest BCUT2D eigenvalue weighted by Crippen LogP contribution is 2.48. The third-order valence-corrected chi connectivity index (χ3v) is 5.70. The van der Waals surface area contributed by atoms with Crippen LogP contribution in [0, 0.1) is 17.8 Å². The zero-order valence-electron chi connectivity index (χ0n) is 11.7. The van der Waals surface area contributed by atoms with Crippen LogP contribution in [0.1, 0.15) is 51.9 Å². The van der Waals surface area contributed by atoms with Crippen molar-refractivity contribution in [3.63, 3.8) is 0 Å². The Hall–Kier alpha value is -0.900. The molecule has 4 heteroatoms. The predicted molar refractivity (Wildman–Crippen MR) is 72.1 cm³/mol. The zero-order chi connectivity index (χ0) is 13.6. The van der Waals surface area contributed by atoms with Gasteiger partial charge in [0.15, 0.2) is 0 Å². The van der Waals surface area contributed by atoms with Crippen molar-refractivity contribution in [3.05, 3.63) is 0 Å². The molecular formula is C15H24N2O2. The summed E-state index contributed by atoms with van der Waals surface area (Å²) in [4.78, 5) is 26.9. The van der Waals surface area contributed by atoms with E-state index in [-0.39, 0.29) is 29.2 Å². The Bertz CT molecular complexity index is 377. The first kappa shape index (κ1) is 13.1. The van der Waals surface area contributed by atoms with Gasteiger partial charge in [-0.3, -0.25) is 14.5 Å². The maximum atomic E-state index is 12.7. The molecule has 0 bridgehead atoms. The lowest BCUT2D eigenvalue weighted by atomic mass is 9.94. The number of imide groups is 1. The topological polar surface area (TPSA) is 63.4 Å². The Morgan fingerprint density at radius 1 is 1.16 bits per heavy atom. The fourth-order valence-corrected chi connectivity index (χ4v) is 4.48. The van der Waals surface area contributed by atoms with E-state index >= 15 is 0 Å². The molecule has 2 atom stereocenters. The van der Waals surface area contributed by atoms with Crippen LogP contribution in [-0.2, 0) is 9.59 Å².